The Morgan fingerprint density at radius 3 is 2.57 bits per heavy atom. The van der Waals surface area contributed by atoms with E-state index in [4.69, 9.17) is 17.1 Å². The molecule has 0 atom stereocenters. The highest BCUT2D eigenvalue weighted by Gasteiger charge is 2.07. The first-order valence-electron chi connectivity index (χ1n) is 4.00. The fraction of sp³-hybridized carbons (Fsp3) is 0.200. The second kappa shape index (κ2) is 4.50. The van der Waals surface area contributed by atoms with Crippen molar-refractivity contribution in [2.45, 2.75) is 6.42 Å². The smallest absolute Gasteiger partial charge is 0.212 e. The highest BCUT2D eigenvalue weighted by atomic mass is 35.7. The van der Waals surface area contributed by atoms with Gasteiger partial charge in [-0.05, 0) is 18.1 Å². The van der Waals surface area contributed by atoms with Gasteiger partial charge < -0.3 is 0 Å². The zero-order chi connectivity index (χ0) is 10.6. The summed E-state index contributed by atoms with van der Waals surface area (Å²) >= 11 is 0. The van der Waals surface area contributed by atoms with Gasteiger partial charge in [0.05, 0.1) is 5.75 Å². The van der Waals surface area contributed by atoms with Gasteiger partial charge in [0.25, 0.3) is 0 Å². The summed E-state index contributed by atoms with van der Waals surface area (Å²) in [7, 11) is 1.66. The molecule has 0 aliphatic heterocycles. The first-order chi connectivity index (χ1) is 6.53. The number of halogens is 1. The largest absolute Gasteiger partial charge is 0.232 e. The van der Waals surface area contributed by atoms with Gasteiger partial charge in [0.1, 0.15) is 0 Å². The van der Waals surface area contributed by atoms with Crippen LogP contribution in [0.5, 0.6) is 0 Å². The van der Waals surface area contributed by atoms with Crippen molar-refractivity contribution in [2.75, 3.05) is 5.75 Å². The standard InChI is InChI=1S/C10H9ClO2S/c1-2-9-5-3-4-6-10(9)7-8-14(11,12)13/h1,3-6H,7-8H2. The zero-order valence-corrected chi connectivity index (χ0v) is 8.98. The molecule has 14 heavy (non-hydrogen) atoms. The van der Waals surface area contributed by atoms with Gasteiger partial charge >= 0.3 is 0 Å². The molecule has 0 saturated heterocycles. The fourth-order valence-electron chi connectivity index (χ4n) is 1.11. The van der Waals surface area contributed by atoms with E-state index >= 15 is 0 Å². The van der Waals surface area contributed by atoms with E-state index in [2.05, 4.69) is 5.92 Å². The van der Waals surface area contributed by atoms with Crippen LogP contribution in [-0.4, -0.2) is 14.2 Å². The molecular formula is C10H9ClO2S. The van der Waals surface area contributed by atoms with E-state index in [1.54, 1.807) is 12.1 Å². The minimum Gasteiger partial charge on any atom is -0.212 e. The number of rotatable bonds is 3. The van der Waals surface area contributed by atoms with Crippen molar-refractivity contribution < 1.29 is 8.42 Å². The Labute approximate surface area is 88.3 Å². The molecule has 0 heterocycles. The van der Waals surface area contributed by atoms with E-state index in [1.165, 1.54) is 0 Å². The first kappa shape index (κ1) is 11.1. The second-order valence-electron chi connectivity index (χ2n) is 2.79. The van der Waals surface area contributed by atoms with Gasteiger partial charge in [-0.3, -0.25) is 0 Å². The maximum absolute atomic E-state index is 10.7. The number of aryl methyl sites for hydroxylation is 1. The molecule has 0 aromatic heterocycles. The van der Waals surface area contributed by atoms with Crippen LogP contribution in [0.25, 0.3) is 0 Å². The SMILES string of the molecule is C#Cc1ccccc1CCS(=O)(=O)Cl. The number of terminal acetylenes is 1. The monoisotopic (exact) mass is 228 g/mol. The van der Waals surface area contributed by atoms with Gasteiger partial charge in [-0.15, -0.1) is 6.42 Å². The molecule has 0 N–H and O–H groups in total. The highest BCUT2D eigenvalue weighted by molar-refractivity contribution is 8.13. The van der Waals surface area contributed by atoms with Crippen LogP contribution in [-0.2, 0) is 15.5 Å². The van der Waals surface area contributed by atoms with Gasteiger partial charge in [-0.2, -0.15) is 0 Å². The summed E-state index contributed by atoms with van der Waals surface area (Å²) in [5, 5.41) is 0. The van der Waals surface area contributed by atoms with Crippen molar-refractivity contribution in [3.8, 4) is 12.3 Å². The van der Waals surface area contributed by atoms with E-state index in [-0.39, 0.29) is 5.75 Å². The van der Waals surface area contributed by atoms with Crippen molar-refractivity contribution in [3.05, 3.63) is 35.4 Å². The van der Waals surface area contributed by atoms with E-state index in [0.29, 0.717) is 12.0 Å². The van der Waals surface area contributed by atoms with Gasteiger partial charge in [-0.1, -0.05) is 24.1 Å². The van der Waals surface area contributed by atoms with Crippen LogP contribution in [0.2, 0.25) is 0 Å². The predicted octanol–water partition coefficient (Wildman–Crippen LogP) is 1.78. The number of hydrogen-bond acceptors (Lipinski definition) is 2. The van der Waals surface area contributed by atoms with Gasteiger partial charge in [0, 0.05) is 16.2 Å². The summed E-state index contributed by atoms with van der Waals surface area (Å²) in [6, 6.07) is 7.21. The minimum absolute atomic E-state index is 0.0900. The van der Waals surface area contributed by atoms with Gasteiger partial charge in [-0.25, -0.2) is 8.42 Å². The molecular weight excluding hydrogens is 220 g/mol. The van der Waals surface area contributed by atoms with E-state index in [0.717, 1.165) is 5.56 Å². The van der Waals surface area contributed by atoms with Crippen LogP contribution in [0.15, 0.2) is 24.3 Å². The molecule has 74 valence electrons. The normalized spacial score (nSPS) is 10.9. The maximum atomic E-state index is 10.7. The van der Waals surface area contributed by atoms with Crippen molar-refractivity contribution in [2.24, 2.45) is 0 Å². The Hall–Kier alpha value is -0.980. The van der Waals surface area contributed by atoms with Crippen molar-refractivity contribution in [3.63, 3.8) is 0 Å². The first-order valence-corrected chi connectivity index (χ1v) is 6.47. The molecule has 0 radical (unpaired) electrons. The van der Waals surface area contributed by atoms with Gasteiger partial charge in [0.2, 0.25) is 9.05 Å². The van der Waals surface area contributed by atoms with Crippen molar-refractivity contribution in [1.82, 2.24) is 0 Å². The lowest BCUT2D eigenvalue weighted by atomic mass is 10.1. The van der Waals surface area contributed by atoms with Gasteiger partial charge in [0.15, 0.2) is 0 Å². The number of hydrogen-bond donors (Lipinski definition) is 0. The summed E-state index contributed by atoms with van der Waals surface area (Å²) < 4.78 is 21.4. The Balaban J connectivity index is 2.83. The van der Waals surface area contributed by atoms with Crippen LogP contribution in [0, 0.1) is 12.3 Å². The topological polar surface area (TPSA) is 34.1 Å². The molecule has 1 aromatic rings. The van der Waals surface area contributed by atoms with Crippen LogP contribution in [0.4, 0.5) is 0 Å². The molecule has 0 aliphatic carbocycles. The summed E-state index contributed by atoms with van der Waals surface area (Å²) in [5.74, 6) is 2.40. The summed E-state index contributed by atoms with van der Waals surface area (Å²) in [6.45, 7) is 0. The molecule has 0 unspecified atom stereocenters. The predicted molar refractivity (Wildman–Crippen MR) is 57.7 cm³/mol. The van der Waals surface area contributed by atoms with Crippen LogP contribution >= 0.6 is 10.7 Å². The average Bonchev–Trinajstić information content (AvgIpc) is 2.14. The highest BCUT2D eigenvalue weighted by Crippen LogP contribution is 2.10. The average molecular weight is 229 g/mol. The third-order valence-corrected chi connectivity index (χ3v) is 2.94. The molecule has 0 saturated carbocycles. The summed E-state index contributed by atoms with van der Waals surface area (Å²) in [6.07, 6.45) is 5.61. The quantitative estimate of drug-likeness (QED) is 0.584. The van der Waals surface area contributed by atoms with Crippen molar-refractivity contribution >= 4 is 19.7 Å². The molecule has 0 aliphatic rings. The minimum atomic E-state index is -3.44. The lowest BCUT2D eigenvalue weighted by Crippen LogP contribution is -2.02. The number of benzene rings is 1. The van der Waals surface area contributed by atoms with Crippen molar-refractivity contribution in [1.29, 1.82) is 0 Å². The molecule has 0 amide bonds. The van der Waals surface area contributed by atoms with Crippen LogP contribution in [0.3, 0.4) is 0 Å². The Morgan fingerprint density at radius 2 is 2.00 bits per heavy atom. The third kappa shape index (κ3) is 3.41. The molecule has 4 heteroatoms. The molecule has 1 rings (SSSR count). The third-order valence-electron chi connectivity index (χ3n) is 1.79. The second-order valence-corrected chi connectivity index (χ2v) is 5.69. The zero-order valence-electron chi connectivity index (χ0n) is 7.40. The Bertz CT molecular complexity index is 457. The van der Waals surface area contributed by atoms with Crippen LogP contribution in [0.1, 0.15) is 11.1 Å². The Kier molecular flexibility index (Phi) is 3.56. The Morgan fingerprint density at radius 1 is 1.36 bits per heavy atom. The lowest BCUT2D eigenvalue weighted by molar-refractivity contribution is 0.609. The molecule has 2 nitrogen and oxygen atoms in total. The fourth-order valence-corrected chi connectivity index (χ4v) is 1.81. The summed E-state index contributed by atoms with van der Waals surface area (Å²) in [4.78, 5) is 0. The molecule has 0 spiro atoms. The lowest BCUT2D eigenvalue weighted by Gasteiger charge is -2.01. The molecule has 0 fully saturated rings. The maximum Gasteiger partial charge on any atom is 0.232 e. The van der Waals surface area contributed by atoms with E-state index in [1.807, 2.05) is 12.1 Å². The van der Waals surface area contributed by atoms with E-state index in [9.17, 15) is 8.42 Å². The molecule has 0 bridgehead atoms. The van der Waals surface area contributed by atoms with Crippen LogP contribution < -0.4 is 0 Å². The summed E-state index contributed by atoms with van der Waals surface area (Å²) in [5.41, 5.74) is 1.55. The van der Waals surface area contributed by atoms with E-state index < -0.39 is 9.05 Å². The molecule has 1 aromatic carbocycles.